The molecule has 0 aromatic heterocycles. The molecule has 0 saturated heterocycles. The number of rotatable bonds is 4. The highest BCUT2D eigenvalue weighted by atomic mass is 35.5. The van der Waals surface area contributed by atoms with Crippen LogP contribution in [0.5, 0.6) is 0 Å². The standard InChI is InChI=1S/C16H15ClFNO2/c1-10(15(20)11-5-7-14(18)8-6-11)19-16(21)12-3-2-4-13(17)9-12/h2-10,15,20H,1H3,(H,19,21). The molecule has 0 heterocycles. The highest BCUT2D eigenvalue weighted by Gasteiger charge is 2.19. The molecule has 2 rings (SSSR count). The van der Waals surface area contributed by atoms with Gasteiger partial charge >= 0.3 is 0 Å². The topological polar surface area (TPSA) is 49.3 Å². The lowest BCUT2D eigenvalue weighted by Crippen LogP contribution is -2.37. The summed E-state index contributed by atoms with van der Waals surface area (Å²) < 4.78 is 12.9. The van der Waals surface area contributed by atoms with Crippen LogP contribution in [0.25, 0.3) is 0 Å². The molecule has 0 aliphatic rings. The van der Waals surface area contributed by atoms with E-state index >= 15 is 0 Å². The van der Waals surface area contributed by atoms with Gasteiger partial charge in [0.2, 0.25) is 0 Å². The van der Waals surface area contributed by atoms with Crippen LogP contribution in [0.3, 0.4) is 0 Å². The lowest BCUT2D eigenvalue weighted by molar-refractivity contribution is 0.0852. The first kappa shape index (κ1) is 15.5. The van der Waals surface area contributed by atoms with Crippen molar-refractivity contribution < 1.29 is 14.3 Å². The third kappa shape index (κ3) is 4.03. The first-order valence-electron chi connectivity index (χ1n) is 6.47. The summed E-state index contributed by atoms with van der Waals surface area (Å²) in [6.07, 6.45) is -0.922. The van der Waals surface area contributed by atoms with Crippen LogP contribution in [0.4, 0.5) is 4.39 Å². The predicted molar refractivity (Wildman–Crippen MR) is 79.7 cm³/mol. The number of benzene rings is 2. The van der Waals surface area contributed by atoms with Gasteiger partial charge in [-0.15, -0.1) is 0 Å². The minimum Gasteiger partial charge on any atom is -0.386 e. The number of carbonyl (C=O) groups is 1. The van der Waals surface area contributed by atoms with Gasteiger partial charge in [-0.3, -0.25) is 4.79 Å². The summed E-state index contributed by atoms with van der Waals surface area (Å²) in [6.45, 7) is 1.68. The SMILES string of the molecule is CC(NC(=O)c1cccc(Cl)c1)C(O)c1ccc(F)cc1. The molecule has 2 aromatic carbocycles. The molecule has 0 saturated carbocycles. The summed E-state index contributed by atoms with van der Waals surface area (Å²) in [6, 6.07) is 11.5. The van der Waals surface area contributed by atoms with Crippen LogP contribution in [0.1, 0.15) is 28.9 Å². The Hall–Kier alpha value is -1.91. The van der Waals surface area contributed by atoms with E-state index in [0.29, 0.717) is 16.1 Å². The average Bonchev–Trinajstić information content (AvgIpc) is 2.47. The Morgan fingerprint density at radius 1 is 1.24 bits per heavy atom. The van der Waals surface area contributed by atoms with E-state index in [4.69, 9.17) is 11.6 Å². The van der Waals surface area contributed by atoms with Crippen molar-refractivity contribution in [2.24, 2.45) is 0 Å². The van der Waals surface area contributed by atoms with E-state index < -0.39 is 12.1 Å². The van der Waals surface area contributed by atoms with E-state index in [2.05, 4.69) is 5.32 Å². The minimum atomic E-state index is -0.922. The molecule has 0 bridgehead atoms. The Labute approximate surface area is 127 Å². The van der Waals surface area contributed by atoms with Crippen molar-refractivity contribution in [3.63, 3.8) is 0 Å². The van der Waals surface area contributed by atoms with Gasteiger partial charge in [0.1, 0.15) is 5.82 Å². The van der Waals surface area contributed by atoms with Gasteiger partial charge < -0.3 is 10.4 Å². The maximum Gasteiger partial charge on any atom is 0.251 e. The van der Waals surface area contributed by atoms with Crippen molar-refractivity contribution in [1.82, 2.24) is 5.32 Å². The molecular formula is C16H15ClFNO2. The van der Waals surface area contributed by atoms with Crippen molar-refractivity contribution in [3.05, 3.63) is 70.5 Å². The van der Waals surface area contributed by atoms with Crippen molar-refractivity contribution in [2.75, 3.05) is 0 Å². The highest BCUT2D eigenvalue weighted by molar-refractivity contribution is 6.30. The molecule has 0 spiro atoms. The molecule has 21 heavy (non-hydrogen) atoms. The molecule has 0 aliphatic heterocycles. The highest BCUT2D eigenvalue weighted by Crippen LogP contribution is 2.18. The summed E-state index contributed by atoms with van der Waals surface area (Å²) in [5.74, 6) is -0.701. The van der Waals surface area contributed by atoms with Crippen molar-refractivity contribution in [1.29, 1.82) is 0 Å². The molecule has 2 unspecified atom stereocenters. The number of aliphatic hydroxyl groups excluding tert-OH is 1. The zero-order chi connectivity index (χ0) is 15.4. The van der Waals surface area contributed by atoms with Crippen LogP contribution in [-0.2, 0) is 0 Å². The fourth-order valence-electron chi connectivity index (χ4n) is 1.95. The van der Waals surface area contributed by atoms with E-state index in [-0.39, 0.29) is 11.7 Å². The van der Waals surface area contributed by atoms with Crippen molar-refractivity contribution >= 4 is 17.5 Å². The van der Waals surface area contributed by atoms with Crippen LogP contribution in [-0.4, -0.2) is 17.1 Å². The van der Waals surface area contributed by atoms with E-state index in [1.807, 2.05) is 0 Å². The van der Waals surface area contributed by atoms with Crippen LogP contribution in [0.15, 0.2) is 48.5 Å². The second-order valence-electron chi connectivity index (χ2n) is 4.77. The molecule has 3 nitrogen and oxygen atoms in total. The molecule has 1 amide bonds. The van der Waals surface area contributed by atoms with Gasteiger partial charge in [0.05, 0.1) is 12.1 Å². The molecule has 0 radical (unpaired) electrons. The monoisotopic (exact) mass is 307 g/mol. The smallest absolute Gasteiger partial charge is 0.251 e. The first-order chi connectivity index (χ1) is 9.97. The number of aliphatic hydroxyl groups is 1. The normalized spacial score (nSPS) is 13.5. The zero-order valence-corrected chi connectivity index (χ0v) is 12.1. The van der Waals surface area contributed by atoms with Crippen molar-refractivity contribution in [2.45, 2.75) is 19.1 Å². The van der Waals surface area contributed by atoms with Gasteiger partial charge in [0.25, 0.3) is 5.91 Å². The first-order valence-corrected chi connectivity index (χ1v) is 6.85. The number of amides is 1. The third-order valence-corrected chi connectivity index (χ3v) is 3.37. The summed E-state index contributed by atoms with van der Waals surface area (Å²) in [7, 11) is 0. The van der Waals surface area contributed by atoms with E-state index in [1.54, 1.807) is 31.2 Å². The predicted octanol–water partition coefficient (Wildman–Crippen LogP) is 3.33. The van der Waals surface area contributed by atoms with Crippen LogP contribution < -0.4 is 5.32 Å². The largest absolute Gasteiger partial charge is 0.386 e. The number of nitrogens with one attached hydrogen (secondary N) is 1. The van der Waals surface area contributed by atoms with Gasteiger partial charge in [0.15, 0.2) is 0 Å². The Morgan fingerprint density at radius 2 is 1.90 bits per heavy atom. The van der Waals surface area contributed by atoms with Crippen LogP contribution in [0.2, 0.25) is 5.02 Å². The van der Waals surface area contributed by atoms with Gasteiger partial charge in [-0.25, -0.2) is 4.39 Å². The summed E-state index contributed by atoms with van der Waals surface area (Å²) in [5.41, 5.74) is 0.955. The molecule has 5 heteroatoms. The Bertz CT molecular complexity index is 630. The quantitative estimate of drug-likeness (QED) is 0.910. The minimum absolute atomic E-state index is 0.328. The number of carbonyl (C=O) groups excluding carboxylic acids is 1. The van der Waals surface area contributed by atoms with Gasteiger partial charge in [-0.2, -0.15) is 0 Å². The summed E-state index contributed by atoms with van der Waals surface area (Å²) in [5, 5.41) is 13.3. The fraction of sp³-hybridized carbons (Fsp3) is 0.188. The summed E-state index contributed by atoms with van der Waals surface area (Å²) in [4.78, 5) is 12.1. The molecule has 2 N–H and O–H groups in total. The molecule has 0 fully saturated rings. The van der Waals surface area contributed by atoms with Gasteiger partial charge in [0, 0.05) is 10.6 Å². The van der Waals surface area contributed by atoms with Crippen LogP contribution >= 0.6 is 11.6 Å². The third-order valence-electron chi connectivity index (χ3n) is 3.13. The molecule has 110 valence electrons. The summed E-state index contributed by atoms with van der Waals surface area (Å²) >= 11 is 5.83. The maximum absolute atomic E-state index is 12.9. The van der Waals surface area contributed by atoms with Gasteiger partial charge in [-0.1, -0.05) is 29.8 Å². The Morgan fingerprint density at radius 3 is 2.52 bits per heavy atom. The Kier molecular flexibility index (Phi) is 4.94. The maximum atomic E-state index is 12.9. The van der Waals surface area contributed by atoms with E-state index in [1.165, 1.54) is 24.3 Å². The fourth-order valence-corrected chi connectivity index (χ4v) is 2.14. The number of hydrogen-bond acceptors (Lipinski definition) is 2. The molecule has 0 aliphatic carbocycles. The van der Waals surface area contributed by atoms with Gasteiger partial charge in [-0.05, 0) is 42.8 Å². The second kappa shape index (κ2) is 6.70. The molecular weight excluding hydrogens is 293 g/mol. The Balaban J connectivity index is 2.05. The lowest BCUT2D eigenvalue weighted by Gasteiger charge is -2.20. The van der Waals surface area contributed by atoms with Crippen LogP contribution in [0, 0.1) is 5.82 Å². The lowest BCUT2D eigenvalue weighted by atomic mass is 10.0. The van der Waals surface area contributed by atoms with E-state index in [0.717, 1.165) is 0 Å². The van der Waals surface area contributed by atoms with E-state index in [9.17, 15) is 14.3 Å². The number of halogens is 2. The number of hydrogen-bond donors (Lipinski definition) is 2. The second-order valence-corrected chi connectivity index (χ2v) is 5.21. The molecule has 2 atom stereocenters. The molecule has 2 aromatic rings. The zero-order valence-electron chi connectivity index (χ0n) is 11.4. The average molecular weight is 308 g/mol. The van der Waals surface area contributed by atoms with Crippen molar-refractivity contribution in [3.8, 4) is 0 Å².